The maximum absolute atomic E-state index is 13.0. The Morgan fingerprint density at radius 2 is 2.00 bits per heavy atom. The van der Waals surface area contributed by atoms with Crippen molar-refractivity contribution in [3.05, 3.63) is 29.6 Å². The van der Waals surface area contributed by atoms with Crippen LogP contribution >= 0.6 is 0 Å². The topological polar surface area (TPSA) is 41.5 Å². The van der Waals surface area contributed by atoms with Crippen LogP contribution in [0.25, 0.3) is 0 Å². The van der Waals surface area contributed by atoms with Crippen molar-refractivity contribution in [2.75, 3.05) is 13.1 Å². The Morgan fingerprint density at radius 1 is 1.28 bits per heavy atom. The molecule has 1 aromatic rings. The lowest BCUT2D eigenvalue weighted by Gasteiger charge is -2.17. The average molecular weight is 265 g/mol. The molecule has 0 bridgehead atoms. The number of hydrogen-bond donors (Lipinski definition) is 2. The van der Waals surface area contributed by atoms with Crippen LogP contribution in [-0.2, 0) is 6.18 Å². The fourth-order valence-electron chi connectivity index (χ4n) is 1.73. The van der Waals surface area contributed by atoms with Gasteiger partial charge in [0.15, 0.2) is 0 Å². The van der Waals surface area contributed by atoms with Crippen LogP contribution < -0.4 is 10.1 Å². The van der Waals surface area contributed by atoms with Crippen LogP contribution in [0.2, 0.25) is 0 Å². The van der Waals surface area contributed by atoms with Gasteiger partial charge in [-0.2, -0.15) is 13.2 Å². The van der Waals surface area contributed by atoms with Crippen LogP contribution in [0.4, 0.5) is 17.6 Å². The van der Waals surface area contributed by atoms with Crippen LogP contribution in [-0.4, -0.2) is 30.4 Å². The summed E-state index contributed by atoms with van der Waals surface area (Å²) in [5.41, 5.74) is -1.37. The molecule has 3 nitrogen and oxygen atoms in total. The number of aliphatic hydroxyl groups is 1. The second-order valence-electron chi connectivity index (χ2n) is 4.02. The molecule has 0 aliphatic carbocycles. The lowest BCUT2D eigenvalue weighted by atomic mass is 10.2. The van der Waals surface area contributed by atoms with Gasteiger partial charge < -0.3 is 15.2 Å². The van der Waals surface area contributed by atoms with Gasteiger partial charge in [-0.05, 0) is 18.2 Å². The lowest BCUT2D eigenvalue weighted by Crippen LogP contribution is -2.30. The predicted molar refractivity (Wildman–Crippen MR) is 54.7 cm³/mol. The van der Waals surface area contributed by atoms with Gasteiger partial charge in [-0.1, -0.05) is 0 Å². The molecule has 0 amide bonds. The van der Waals surface area contributed by atoms with E-state index in [1.165, 1.54) is 0 Å². The minimum absolute atomic E-state index is 0.114. The molecule has 2 unspecified atom stereocenters. The largest absolute Gasteiger partial charge is 0.486 e. The molecular formula is C11H11F4NO2. The summed E-state index contributed by atoms with van der Waals surface area (Å²) in [6.07, 6.45) is -6.18. The van der Waals surface area contributed by atoms with E-state index in [0.29, 0.717) is 25.2 Å². The second kappa shape index (κ2) is 4.74. The van der Waals surface area contributed by atoms with E-state index < -0.39 is 29.8 Å². The number of rotatable bonds is 2. The highest BCUT2D eigenvalue weighted by Gasteiger charge is 2.35. The first kappa shape index (κ1) is 13.1. The van der Waals surface area contributed by atoms with Gasteiger partial charge in [0.2, 0.25) is 0 Å². The van der Waals surface area contributed by atoms with E-state index >= 15 is 0 Å². The Bertz CT molecular complexity index is 436. The normalized spacial score (nSPS) is 24.3. The Balaban J connectivity index is 2.19. The number of alkyl halides is 3. The van der Waals surface area contributed by atoms with Gasteiger partial charge >= 0.3 is 6.18 Å². The molecule has 1 saturated heterocycles. The number of ether oxygens (including phenoxy) is 1. The van der Waals surface area contributed by atoms with Crippen molar-refractivity contribution in [1.29, 1.82) is 0 Å². The monoisotopic (exact) mass is 265 g/mol. The molecule has 1 aliphatic heterocycles. The van der Waals surface area contributed by atoms with E-state index in [-0.39, 0.29) is 5.75 Å². The molecular weight excluding hydrogens is 254 g/mol. The van der Waals surface area contributed by atoms with E-state index in [1.54, 1.807) is 0 Å². The van der Waals surface area contributed by atoms with Gasteiger partial charge in [0, 0.05) is 13.1 Å². The smallest absolute Gasteiger partial charge is 0.419 e. The molecule has 0 spiro atoms. The van der Waals surface area contributed by atoms with Crippen molar-refractivity contribution in [2.45, 2.75) is 18.4 Å². The summed E-state index contributed by atoms with van der Waals surface area (Å²) in [4.78, 5) is 0. The highest BCUT2D eigenvalue weighted by molar-refractivity contribution is 5.32. The Kier molecular flexibility index (Phi) is 3.45. The molecule has 0 radical (unpaired) electrons. The average Bonchev–Trinajstić information content (AvgIpc) is 2.66. The molecule has 2 atom stereocenters. The standard InChI is InChI=1S/C11H11F4NO2/c12-8-2-1-6(3-7(8)11(13,14)15)18-10-5-16-4-9(10)17/h1-3,9-10,16-17H,4-5H2. The number of aliphatic hydroxyl groups excluding tert-OH is 1. The summed E-state index contributed by atoms with van der Waals surface area (Å²) >= 11 is 0. The van der Waals surface area contributed by atoms with Crippen molar-refractivity contribution in [3.8, 4) is 5.75 Å². The first-order valence-corrected chi connectivity index (χ1v) is 5.30. The highest BCUT2D eigenvalue weighted by atomic mass is 19.4. The van der Waals surface area contributed by atoms with E-state index in [9.17, 15) is 22.7 Å². The molecule has 2 rings (SSSR count). The first-order valence-electron chi connectivity index (χ1n) is 5.30. The summed E-state index contributed by atoms with van der Waals surface area (Å²) in [6, 6.07) is 2.41. The third-order valence-electron chi connectivity index (χ3n) is 2.66. The van der Waals surface area contributed by atoms with Gasteiger partial charge in [0.05, 0.1) is 5.56 Å². The van der Waals surface area contributed by atoms with Crippen molar-refractivity contribution in [1.82, 2.24) is 5.32 Å². The van der Waals surface area contributed by atoms with Crippen LogP contribution in [0.3, 0.4) is 0 Å². The Morgan fingerprint density at radius 3 is 2.56 bits per heavy atom. The predicted octanol–water partition coefficient (Wildman–Crippen LogP) is 1.56. The fraction of sp³-hybridized carbons (Fsp3) is 0.455. The Hall–Kier alpha value is -1.34. The fourth-order valence-corrected chi connectivity index (χ4v) is 1.73. The zero-order valence-electron chi connectivity index (χ0n) is 9.17. The Labute approximate surface area is 100 Å². The SMILES string of the molecule is OC1CNCC1Oc1ccc(F)c(C(F)(F)F)c1. The first-order chi connectivity index (χ1) is 8.38. The molecule has 0 aromatic heterocycles. The summed E-state index contributed by atoms with van der Waals surface area (Å²) in [7, 11) is 0. The van der Waals surface area contributed by atoms with E-state index in [4.69, 9.17) is 4.74 Å². The molecule has 1 aliphatic rings. The lowest BCUT2D eigenvalue weighted by molar-refractivity contribution is -0.140. The summed E-state index contributed by atoms with van der Waals surface area (Å²) in [5, 5.41) is 12.3. The summed E-state index contributed by atoms with van der Waals surface area (Å²) in [6.45, 7) is 0.651. The number of benzene rings is 1. The van der Waals surface area contributed by atoms with Crippen molar-refractivity contribution < 1.29 is 27.4 Å². The van der Waals surface area contributed by atoms with E-state index in [0.717, 1.165) is 6.07 Å². The summed E-state index contributed by atoms with van der Waals surface area (Å²) < 4.78 is 55.6. The van der Waals surface area contributed by atoms with Crippen molar-refractivity contribution in [2.24, 2.45) is 0 Å². The zero-order chi connectivity index (χ0) is 13.3. The molecule has 2 N–H and O–H groups in total. The van der Waals surface area contributed by atoms with Gasteiger partial charge in [-0.25, -0.2) is 4.39 Å². The maximum atomic E-state index is 13.0. The van der Waals surface area contributed by atoms with Crippen LogP contribution in [0.15, 0.2) is 18.2 Å². The number of halogens is 4. The van der Waals surface area contributed by atoms with Gasteiger partial charge in [-0.3, -0.25) is 0 Å². The third kappa shape index (κ3) is 2.73. The highest BCUT2D eigenvalue weighted by Crippen LogP contribution is 2.33. The molecule has 1 heterocycles. The molecule has 7 heteroatoms. The molecule has 0 saturated carbocycles. The van der Waals surface area contributed by atoms with Gasteiger partial charge in [0.1, 0.15) is 23.8 Å². The van der Waals surface area contributed by atoms with Crippen molar-refractivity contribution >= 4 is 0 Å². The molecule has 18 heavy (non-hydrogen) atoms. The van der Waals surface area contributed by atoms with E-state index in [2.05, 4.69) is 5.32 Å². The quantitative estimate of drug-likeness (QED) is 0.797. The summed E-state index contributed by atoms with van der Waals surface area (Å²) in [5.74, 6) is -1.46. The maximum Gasteiger partial charge on any atom is 0.419 e. The van der Waals surface area contributed by atoms with Crippen LogP contribution in [0.5, 0.6) is 5.75 Å². The van der Waals surface area contributed by atoms with Crippen LogP contribution in [0.1, 0.15) is 5.56 Å². The number of hydrogen-bond acceptors (Lipinski definition) is 3. The minimum atomic E-state index is -4.77. The molecule has 100 valence electrons. The number of nitrogens with one attached hydrogen (secondary N) is 1. The minimum Gasteiger partial charge on any atom is -0.486 e. The van der Waals surface area contributed by atoms with Gasteiger partial charge in [0.25, 0.3) is 0 Å². The molecule has 1 aromatic carbocycles. The van der Waals surface area contributed by atoms with Crippen molar-refractivity contribution in [3.63, 3.8) is 0 Å². The molecule has 1 fully saturated rings. The zero-order valence-corrected chi connectivity index (χ0v) is 9.17. The number of β-amino-alcohol motifs (C(OH)–C–C–N with tert-alkyl or cyclic N) is 1. The van der Waals surface area contributed by atoms with E-state index in [1.807, 2.05) is 0 Å². The third-order valence-corrected chi connectivity index (χ3v) is 2.66. The van der Waals surface area contributed by atoms with Gasteiger partial charge in [-0.15, -0.1) is 0 Å². The second-order valence-corrected chi connectivity index (χ2v) is 4.02. The van der Waals surface area contributed by atoms with Crippen LogP contribution in [0, 0.1) is 5.82 Å².